The first kappa shape index (κ1) is 22.4. The standard InChI is InChI=1S/C22H16ClFN6O2S/c1-27-19-12(9-26)10-28-11-17(19)30-21(31)20-16(29(22(30)32)6-2-5-25)8-18(33-20)14-4-3-13(24)7-15(14)23/h3-4,7-11,26H,2,6H2,1H3,(H,27,28). The van der Waals surface area contributed by atoms with Crippen molar-refractivity contribution in [1.82, 2.24) is 14.1 Å². The maximum absolute atomic E-state index is 13.5. The number of benzene rings is 1. The van der Waals surface area contributed by atoms with Gasteiger partial charge in [0.2, 0.25) is 0 Å². The first-order valence-corrected chi connectivity index (χ1v) is 10.9. The zero-order chi connectivity index (χ0) is 23.7. The van der Waals surface area contributed by atoms with Crippen LogP contribution in [0.5, 0.6) is 0 Å². The van der Waals surface area contributed by atoms with E-state index in [0.29, 0.717) is 27.2 Å². The van der Waals surface area contributed by atoms with Crippen molar-refractivity contribution >= 4 is 45.1 Å². The molecule has 4 aromatic rings. The summed E-state index contributed by atoms with van der Waals surface area (Å²) >= 11 is 7.34. The van der Waals surface area contributed by atoms with Crippen molar-refractivity contribution in [2.75, 3.05) is 12.4 Å². The number of nitrogens with zero attached hydrogens (tertiary/aromatic N) is 4. The van der Waals surface area contributed by atoms with Gasteiger partial charge in [0.05, 0.1) is 40.6 Å². The van der Waals surface area contributed by atoms with Crippen LogP contribution in [0.1, 0.15) is 12.0 Å². The maximum atomic E-state index is 13.5. The third-order valence-electron chi connectivity index (χ3n) is 5.07. The van der Waals surface area contributed by atoms with E-state index in [9.17, 15) is 14.0 Å². The molecule has 0 amide bonds. The summed E-state index contributed by atoms with van der Waals surface area (Å²) in [5, 5.41) is 19.8. The number of nitrogens with one attached hydrogen (secondary N) is 2. The number of aryl methyl sites for hydroxylation is 1. The zero-order valence-corrected chi connectivity index (χ0v) is 18.8. The van der Waals surface area contributed by atoms with Crippen LogP contribution in [0.3, 0.4) is 0 Å². The van der Waals surface area contributed by atoms with Gasteiger partial charge in [0.25, 0.3) is 5.56 Å². The van der Waals surface area contributed by atoms with Crippen LogP contribution in [-0.4, -0.2) is 27.4 Å². The highest BCUT2D eigenvalue weighted by Gasteiger charge is 2.21. The average molecular weight is 483 g/mol. The highest BCUT2D eigenvalue weighted by Crippen LogP contribution is 2.36. The molecule has 3 heterocycles. The molecule has 0 fully saturated rings. The number of thiophene rings is 1. The van der Waals surface area contributed by atoms with Gasteiger partial charge in [-0.2, -0.15) is 5.26 Å². The lowest BCUT2D eigenvalue weighted by molar-refractivity contribution is 0.628. The Morgan fingerprint density at radius 1 is 1.33 bits per heavy atom. The van der Waals surface area contributed by atoms with Crippen molar-refractivity contribution in [3.8, 4) is 22.2 Å². The normalized spacial score (nSPS) is 10.8. The number of aromatic nitrogens is 3. The van der Waals surface area contributed by atoms with Crippen LogP contribution in [0.2, 0.25) is 5.02 Å². The predicted molar refractivity (Wildman–Crippen MR) is 128 cm³/mol. The van der Waals surface area contributed by atoms with E-state index in [0.717, 1.165) is 22.1 Å². The van der Waals surface area contributed by atoms with Gasteiger partial charge < -0.3 is 10.7 Å². The summed E-state index contributed by atoms with van der Waals surface area (Å²) in [7, 11) is 1.61. The van der Waals surface area contributed by atoms with Gasteiger partial charge in [-0.05, 0) is 24.3 Å². The van der Waals surface area contributed by atoms with Crippen molar-refractivity contribution in [2.24, 2.45) is 0 Å². The smallest absolute Gasteiger partial charge is 0.336 e. The molecule has 0 spiro atoms. The number of halogens is 2. The summed E-state index contributed by atoms with van der Waals surface area (Å²) in [4.78, 5) is 31.6. The van der Waals surface area contributed by atoms with E-state index in [4.69, 9.17) is 22.3 Å². The van der Waals surface area contributed by atoms with Gasteiger partial charge in [-0.3, -0.25) is 14.3 Å². The fourth-order valence-corrected chi connectivity index (χ4v) is 5.03. The SMILES string of the molecule is CNc1c(C=N)cncc1-n1c(=O)c2sc(-c3ccc(F)cc3Cl)cc2n(CCC#N)c1=O. The lowest BCUT2D eigenvalue weighted by Crippen LogP contribution is -2.39. The molecule has 0 aliphatic carbocycles. The van der Waals surface area contributed by atoms with Crippen LogP contribution in [0.25, 0.3) is 26.3 Å². The monoisotopic (exact) mass is 482 g/mol. The molecular weight excluding hydrogens is 467 g/mol. The Labute approximate surface area is 195 Å². The fraction of sp³-hybridized carbons (Fsp3) is 0.136. The molecule has 0 saturated carbocycles. The minimum atomic E-state index is -0.641. The number of fused-ring (bicyclic) bond motifs is 1. The lowest BCUT2D eigenvalue weighted by atomic mass is 10.2. The summed E-state index contributed by atoms with van der Waals surface area (Å²) in [6.07, 6.45) is 3.93. The summed E-state index contributed by atoms with van der Waals surface area (Å²) < 4.78 is 16.1. The van der Waals surface area contributed by atoms with E-state index in [1.807, 2.05) is 6.07 Å². The van der Waals surface area contributed by atoms with Gasteiger partial charge in [-0.1, -0.05) is 11.6 Å². The van der Waals surface area contributed by atoms with Crippen LogP contribution in [0.15, 0.2) is 46.2 Å². The lowest BCUT2D eigenvalue weighted by Gasteiger charge is -2.15. The van der Waals surface area contributed by atoms with E-state index in [-0.39, 0.29) is 28.4 Å². The van der Waals surface area contributed by atoms with Gasteiger partial charge in [0, 0.05) is 42.0 Å². The number of nitriles is 1. The van der Waals surface area contributed by atoms with Gasteiger partial charge in [0.1, 0.15) is 10.5 Å². The Kier molecular flexibility index (Phi) is 6.09. The van der Waals surface area contributed by atoms with Crippen molar-refractivity contribution < 1.29 is 4.39 Å². The van der Waals surface area contributed by atoms with E-state index in [2.05, 4.69) is 10.3 Å². The van der Waals surface area contributed by atoms with Crippen molar-refractivity contribution in [3.63, 3.8) is 0 Å². The molecule has 0 atom stereocenters. The minimum absolute atomic E-state index is 0.0490. The summed E-state index contributed by atoms with van der Waals surface area (Å²) in [6.45, 7) is 0.0615. The number of pyridine rings is 1. The maximum Gasteiger partial charge on any atom is 0.336 e. The molecule has 166 valence electrons. The van der Waals surface area contributed by atoms with Crippen LogP contribution in [0, 0.1) is 22.6 Å². The Morgan fingerprint density at radius 2 is 2.12 bits per heavy atom. The largest absolute Gasteiger partial charge is 0.386 e. The van der Waals surface area contributed by atoms with Crippen molar-refractivity contribution in [3.05, 3.63) is 73.9 Å². The van der Waals surface area contributed by atoms with Crippen LogP contribution >= 0.6 is 22.9 Å². The molecule has 0 aliphatic heterocycles. The molecule has 8 nitrogen and oxygen atoms in total. The molecule has 0 saturated heterocycles. The van der Waals surface area contributed by atoms with Crippen LogP contribution < -0.4 is 16.6 Å². The van der Waals surface area contributed by atoms with E-state index in [1.54, 1.807) is 13.1 Å². The van der Waals surface area contributed by atoms with E-state index < -0.39 is 17.1 Å². The molecule has 1 aromatic carbocycles. The second-order valence-corrected chi connectivity index (χ2v) is 8.41. The molecule has 0 unspecified atom stereocenters. The van der Waals surface area contributed by atoms with Crippen LogP contribution in [-0.2, 0) is 6.54 Å². The molecule has 11 heteroatoms. The first-order valence-electron chi connectivity index (χ1n) is 9.69. The Bertz CT molecular complexity index is 1570. The van der Waals surface area contributed by atoms with Gasteiger partial charge in [0.15, 0.2) is 0 Å². The molecule has 0 radical (unpaired) electrons. The van der Waals surface area contributed by atoms with Crippen molar-refractivity contribution in [2.45, 2.75) is 13.0 Å². The molecular formula is C22H16ClFN6O2S. The highest BCUT2D eigenvalue weighted by atomic mass is 35.5. The van der Waals surface area contributed by atoms with Gasteiger partial charge >= 0.3 is 5.69 Å². The number of rotatable bonds is 6. The quantitative estimate of drug-likeness (QED) is 0.402. The second kappa shape index (κ2) is 8.97. The molecule has 33 heavy (non-hydrogen) atoms. The number of hydrogen-bond acceptors (Lipinski definition) is 7. The first-order chi connectivity index (χ1) is 15.9. The number of hydrogen-bond donors (Lipinski definition) is 2. The third-order valence-corrected chi connectivity index (χ3v) is 6.53. The van der Waals surface area contributed by atoms with Gasteiger partial charge in [-0.25, -0.2) is 13.8 Å². The second-order valence-electron chi connectivity index (χ2n) is 6.95. The molecule has 4 rings (SSSR count). The van der Waals surface area contributed by atoms with Gasteiger partial charge in [-0.15, -0.1) is 11.3 Å². The summed E-state index contributed by atoms with van der Waals surface area (Å²) in [5.41, 5.74) is 0.650. The van der Waals surface area contributed by atoms with E-state index >= 15 is 0 Å². The fourth-order valence-electron chi connectivity index (χ4n) is 3.58. The zero-order valence-electron chi connectivity index (χ0n) is 17.2. The average Bonchev–Trinajstić information content (AvgIpc) is 3.24. The Hall–Kier alpha value is -3.81. The van der Waals surface area contributed by atoms with Crippen molar-refractivity contribution in [1.29, 1.82) is 10.7 Å². The molecule has 0 aliphatic rings. The molecule has 2 N–H and O–H groups in total. The Balaban J connectivity index is 2.08. The molecule has 0 bridgehead atoms. The summed E-state index contributed by atoms with van der Waals surface area (Å²) in [6, 6.07) is 7.61. The highest BCUT2D eigenvalue weighted by molar-refractivity contribution is 7.22. The number of anilines is 1. The summed E-state index contributed by atoms with van der Waals surface area (Å²) in [5.74, 6) is -0.490. The Morgan fingerprint density at radius 3 is 2.79 bits per heavy atom. The molecule has 3 aromatic heterocycles. The predicted octanol–water partition coefficient (Wildman–Crippen LogP) is 4.02. The van der Waals surface area contributed by atoms with Crippen LogP contribution in [0.4, 0.5) is 10.1 Å². The minimum Gasteiger partial charge on any atom is -0.386 e. The van der Waals surface area contributed by atoms with E-state index in [1.165, 1.54) is 35.2 Å². The topological polar surface area (TPSA) is 117 Å². The third kappa shape index (κ3) is 3.82.